The Labute approximate surface area is 240 Å². The molecule has 204 valence electrons. The molecule has 0 unspecified atom stereocenters. The van der Waals surface area contributed by atoms with Crippen molar-refractivity contribution in [3.63, 3.8) is 0 Å². The van der Waals surface area contributed by atoms with Crippen LogP contribution in [-0.2, 0) is 19.6 Å². The molecule has 1 aliphatic heterocycles. The number of hydrogen-bond acceptors (Lipinski definition) is 6. The van der Waals surface area contributed by atoms with Crippen molar-refractivity contribution in [2.24, 2.45) is 5.41 Å². The number of hydrogen-bond donors (Lipinski definition) is 1. The normalized spacial score (nSPS) is 15.1. The predicted octanol–water partition coefficient (Wildman–Crippen LogP) is 5.16. The van der Waals surface area contributed by atoms with Crippen LogP contribution in [0.3, 0.4) is 0 Å². The maximum absolute atomic E-state index is 13.0. The first-order valence-corrected chi connectivity index (χ1v) is 14.6. The fourth-order valence-corrected chi connectivity index (χ4v) is 7.23. The third kappa shape index (κ3) is 4.56. The van der Waals surface area contributed by atoms with Gasteiger partial charge in [0.2, 0.25) is 0 Å². The largest absolute Gasteiger partial charge is 0.345 e. The number of pyridine rings is 1. The fraction of sp³-hybridized carbons (Fsp3) is 0.333. The molecule has 0 bridgehead atoms. The number of thiophene rings is 1. The molecule has 5 heterocycles. The first-order chi connectivity index (χ1) is 19.3. The van der Waals surface area contributed by atoms with E-state index in [9.17, 15) is 14.9 Å². The summed E-state index contributed by atoms with van der Waals surface area (Å²) < 4.78 is 6.03. The van der Waals surface area contributed by atoms with Gasteiger partial charge in [0, 0.05) is 63.7 Å². The molecule has 4 aromatic heterocycles. The number of fused-ring (bicyclic) bond motifs is 2. The van der Waals surface area contributed by atoms with Crippen molar-refractivity contribution in [2.75, 3.05) is 13.1 Å². The number of piperidine rings is 1. The Balaban J connectivity index is 1.47. The maximum atomic E-state index is 13.0. The van der Waals surface area contributed by atoms with Gasteiger partial charge in [-0.25, -0.2) is 4.79 Å². The van der Waals surface area contributed by atoms with E-state index in [-0.39, 0.29) is 17.8 Å². The van der Waals surface area contributed by atoms with E-state index in [1.807, 2.05) is 37.4 Å². The van der Waals surface area contributed by atoms with Gasteiger partial charge in [-0.1, -0.05) is 11.6 Å². The zero-order valence-corrected chi connectivity index (χ0v) is 24.0. The average molecular weight is 573 g/mol. The van der Waals surface area contributed by atoms with Crippen LogP contribution in [0.15, 0.2) is 58.4 Å². The maximum Gasteiger partial charge on any atom is 0.331 e. The van der Waals surface area contributed by atoms with Crippen molar-refractivity contribution < 1.29 is 0 Å². The smallest absolute Gasteiger partial charge is 0.331 e. The molecule has 5 aromatic rings. The molecule has 0 aliphatic carbocycles. The van der Waals surface area contributed by atoms with Gasteiger partial charge in [0.1, 0.15) is 0 Å². The lowest BCUT2D eigenvalue weighted by molar-refractivity contribution is 0.247. The minimum absolute atomic E-state index is 0.179. The zero-order valence-electron chi connectivity index (χ0n) is 22.4. The topological polar surface area (TPSA) is 97.6 Å². The van der Waals surface area contributed by atoms with Crippen LogP contribution in [0.1, 0.15) is 30.3 Å². The first kappa shape index (κ1) is 26.5. The van der Waals surface area contributed by atoms with Gasteiger partial charge < -0.3 is 9.88 Å². The SMILES string of the molecule is CCn1c(C)cc(=O)n(Cc2cc3nccc(-c4cc(Cl)cc5ccn(CC6(C#N)CCNCC6)c45)c3s2)c1=O. The van der Waals surface area contributed by atoms with Crippen molar-refractivity contribution in [3.05, 3.63) is 85.2 Å². The van der Waals surface area contributed by atoms with Gasteiger partial charge in [-0.05, 0) is 70.1 Å². The Bertz CT molecular complexity index is 1920. The van der Waals surface area contributed by atoms with Crippen molar-refractivity contribution >= 4 is 44.1 Å². The van der Waals surface area contributed by atoms with Crippen LogP contribution in [0, 0.1) is 23.7 Å². The van der Waals surface area contributed by atoms with Crippen molar-refractivity contribution in [1.29, 1.82) is 5.26 Å². The molecular formula is C30H29ClN6O2S. The van der Waals surface area contributed by atoms with Gasteiger partial charge in [0.05, 0.1) is 33.8 Å². The van der Waals surface area contributed by atoms with Crippen LogP contribution in [0.25, 0.3) is 32.2 Å². The zero-order chi connectivity index (χ0) is 28.0. The van der Waals surface area contributed by atoms with E-state index in [1.54, 1.807) is 17.7 Å². The summed E-state index contributed by atoms with van der Waals surface area (Å²) >= 11 is 8.14. The van der Waals surface area contributed by atoms with Gasteiger partial charge >= 0.3 is 5.69 Å². The molecule has 1 saturated heterocycles. The summed E-state index contributed by atoms with van der Waals surface area (Å²) in [5.41, 5.74) is 3.39. The standard InChI is InChI=1S/C30H29ClN6O2S/c1-3-36-19(2)12-26(38)37(29(36)39)16-22-15-25-28(40-22)23(4-8-34-25)24-14-21(31)13-20-5-11-35(27(20)24)18-30(17-32)6-9-33-10-7-30/h4-5,8,11-15,33H,3,6-7,9-10,16,18H2,1-2H3. The average Bonchev–Trinajstić information content (AvgIpc) is 3.54. The summed E-state index contributed by atoms with van der Waals surface area (Å²) in [6.07, 6.45) is 5.43. The highest BCUT2D eigenvalue weighted by Gasteiger charge is 2.33. The Morgan fingerprint density at radius 1 is 1.12 bits per heavy atom. The summed E-state index contributed by atoms with van der Waals surface area (Å²) in [6.45, 7) is 6.62. The van der Waals surface area contributed by atoms with Crippen LogP contribution in [-0.4, -0.2) is 31.8 Å². The molecule has 1 N–H and O–H groups in total. The number of nitrogens with zero attached hydrogens (tertiary/aromatic N) is 5. The van der Waals surface area contributed by atoms with E-state index in [0.717, 1.165) is 63.1 Å². The second-order valence-corrected chi connectivity index (χ2v) is 12.1. The number of aromatic nitrogens is 4. The fourth-order valence-electron chi connectivity index (χ4n) is 5.88. The van der Waals surface area contributed by atoms with Gasteiger partial charge in [-0.15, -0.1) is 11.3 Å². The van der Waals surface area contributed by atoms with Gasteiger partial charge in [0.25, 0.3) is 5.56 Å². The minimum Gasteiger partial charge on any atom is -0.345 e. The third-order valence-corrected chi connectivity index (χ3v) is 9.33. The van der Waals surface area contributed by atoms with E-state index in [4.69, 9.17) is 11.6 Å². The van der Waals surface area contributed by atoms with E-state index in [2.05, 4.69) is 27.0 Å². The number of rotatable bonds is 6. The lowest BCUT2D eigenvalue weighted by Crippen LogP contribution is -2.40. The summed E-state index contributed by atoms with van der Waals surface area (Å²) in [4.78, 5) is 31.2. The molecule has 1 aromatic carbocycles. The van der Waals surface area contributed by atoms with E-state index in [1.165, 1.54) is 22.0 Å². The molecular weight excluding hydrogens is 544 g/mol. The molecule has 0 saturated carbocycles. The van der Waals surface area contributed by atoms with Crippen LogP contribution >= 0.6 is 22.9 Å². The summed E-state index contributed by atoms with van der Waals surface area (Å²) in [5, 5.41) is 15.1. The monoisotopic (exact) mass is 572 g/mol. The highest BCUT2D eigenvalue weighted by molar-refractivity contribution is 7.19. The molecule has 40 heavy (non-hydrogen) atoms. The van der Waals surface area contributed by atoms with E-state index < -0.39 is 5.41 Å². The molecule has 1 aliphatic rings. The predicted molar refractivity (Wildman–Crippen MR) is 160 cm³/mol. The first-order valence-electron chi connectivity index (χ1n) is 13.4. The molecule has 0 spiro atoms. The van der Waals surface area contributed by atoms with Crippen LogP contribution in [0.2, 0.25) is 5.02 Å². The Morgan fingerprint density at radius 3 is 2.67 bits per heavy atom. The summed E-state index contributed by atoms with van der Waals surface area (Å²) in [6, 6.07) is 14.0. The minimum atomic E-state index is -0.426. The van der Waals surface area contributed by atoms with Crippen molar-refractivity contribution in [2.45, 2.75) is 46.3 Å². The Hall–Kier alpha value is -3.71. The lowest BCUT2D eigenvalue weighted by Gasteiger charge is -2.32. The van der Waals surface area contributed by atoms with Crippen molar-refractivity contribution in [3.8, 4) is 17.2 Å². The molecule has 8 nitrogen and oxygen atoms in total. The third-order valence-electron chi connectivity index (χ3n) is 7.97. The number of benzene rings is 1. The second kappa shape index (κ2) is 10.4. The molecule has 0 atom stereocenters. The quantitative estimate of drug-likeness (QED) is 0.303. The van der Waals surface area contributed by atoms with Gasteiger partial charge in [-0.3, -0.25) is 18.9 Å². The number of aryl methyl sites for hydroxylation is 1. The van der Waals surface area contributed by atoms with E-state index >= 15 is 0 Å². The Kier molecular flexibility index (Phi) is 6.87. The molecule has 10 heteroatoms. The Morgan fingerprint density at radius 2 is 1.93 bits per heavy atom. The lowest BCUT2D eigenvalue weighted by atomic mass is 9.80. The van der Waals surface area contributed by atoms with Crippen LogP contribution in [0.5, 0.6) is 0 Å². The molecule has 6 rings (SSSR count). The second-order valence-electron chi connectivity index (χ2n) is 10.5. The van der Waals surface area contributed by atoms with Gasteiger partial charge in [0.15, 0.2) is 0 Å². The van der Waals surface area contributed by atoms with Crippen LogP contribution in [0.4, 0.5) is 0 Å². The highest BCUT2D eigenvalue weighted by atomic mass is 35.5. The number of nitrogens with one attached hydrogen (secondary N) is 1. The molecule has 0 amide bonds. The van der Waals surface area contributed by atoms with E-state index in [0.29, 0.717) is 23.8 Å². The number of nitriles is 1. The van der Waals surface area contributed by atoms with Crippen molar-refractivity contribution in [1.82, 2.24) is 24.0 Å². The highest BCUT2D eigenvalue weighted by Crippen LogP contribution is 2.40. The van der Waals surface area contributed by atoms with Crippen LogP contribution < -0.4 is 16.6 Å². The summed E-state index contributed by atoms with van der Waals surface area (Å²) in [5.74, 6) is 0. The summed E-state index contributed by atoms with van der Waals surface area (Å²) in [7, 11) is 0. The molecule has 1 fully saturated rings. The number of halogens is 1. The van der Waals surface area contributed by atoms with Gasteiger partial charge in [-0.2, -0.15) is 5.26 Å². The molecule has 0 radical (unpaired) electrons.